The van der Waals surface area contributed by atoms with Crippen LogP contribution in [0.4, 0.5) is 0 Å². The van der Waals surface area contributed by atoms with Crippen LogP contribution in [-0.2, 0) is 18.0 Å². The summed E-state index contributed by atoms with van der Waals surface area (Å²) in [4.78, 5) is 12.7. The van der Waals surface area contributed by atoms with Crippen LogP contribution in [0.2, 0.25) is 0 Å². The Morgan fingerprint density at radius 3 is 2.64 bits per heavy atom. The molecule has 1 atom stereocenters. The number of rotatable bonds is 5. The number of esters is 1. The topological polar surface area (TPSA) is 105 Å². The van der Waals surface area contributed by atoms with Crippen LogP contribution in [0.25, 0.3) is 0 Å². The molecule has 150 valence electrons. The third kappa shape index (κ3) is 3.76. The second-order valence-corrected chi connectivity index (χ2v) is 7.15. The van der Waals surface area contributed by atoms with E-state index in [2.05, 4.69) is 0 Å². The summed E-state index contributed by atoms with van der Waals surface area (Å²) in [5.41, 5.74) is 1.43. The molecule has 0 spiro atoms. The van der Waals surface area contributed by atoms with E-state index >= 15 is 0 Å². The third-order valence-corrected chi connectivity index (χ3v) is 4.57. The maximum absolute atomic E-state index is 12.7. The van der Waals surface area contributed by atoms with Crippen molar-refractivity contribution in [2.24, 2.45) is 5.92 Å². The molecule has 3 N–H and O–H groups in total. The lowest BCUT2D eigenvalue weighted by Crippen LogP contribution is -2.15. The molecule has 1 unspecified atom stereocenters. The summed E-state index contributed by atoms with van der Waals surface area (Å²) in [6.45, 7) is 3.56. The highest BCUT2D eigenvalue weighted by molar-refractivity contribution is 5.96. The summed E-state index contributed by atoms with van der Waals surface area (Å²) < 4.78 is 16.7. The molecule has 2 aromatic carbocycles. The maximum atomic E-state index is 12.7. The van der Waals surface area contributed by atoms with Gasteiger partial charge in [-0.05, 0) is 42.2 Å². The fourth-order valence-corrected chi connectivity index (χ4v) is 3.29. The zero-order chi connectivity index (χ0) is 20.4. The van der Waals surface area contributed by atoms with Gasteiger partial charge in [0.25, 0.3) is 0 Å². The number of carbonyl (C=O) groups excluding carboxylic acids is 1. The quantitative estimate of drug-likeness (QED) is 0.674. The molecule has 28 heavy (non-hydrogen) atoms. The molecule has 0 fully saturated rings. The van der Waals surface area contributed by atoms with Crippen LogP contribution < -0.4 is 9.47 Å². The minimum Gasteiger partial charge on any atom is -0.504 e. The van der Waals surface area contributed by atoms with Crippen molar-refractivity contribution in [3.63, 3.8) is 0 Å². The number of methoxy groups -OCH3 is 1. The Bertz CT molecular complexity index is 889. The molecule has 0 aliphatic carbocycles. The van der Waals surface area contributed by atoms with Crippen molar-refractivity contribution in [1.29, 1.82) is 0 Å². The lowest BCUT2D eigenvalue weighted by molar-refractivity contribution is 0.0453. The number of aliphatic hydroxyl groups is 2. The van der Waals surface area contributed by atoms with Crippen molar-refractivity contribution < 1.29 is 34.3 Å². The fraction of sp³-hybridized carbons (Fsp3) is 0.381. The molecule has 0 saturated carbocycles. The predicted octanol–water partition coefficient (Wildman–Crippen LogP) is 3.44. The van der Waals surface area contributed by atoms with Gasteiger partial charge in [0, 0.05) is 11.1 Å². The number of cyclic esters (lactones) is 1. The van der Waals surface area contributed by atoms with E-state index in [4.69, 9.17) is 14.2 Å². The van der Waals surface area contributed by atoms with Gasteiger partial charge in [-0.15, -0.1) is 0 Å². The first-order chi connectivity index (χ1) is 13.3. The Balaban J connectivity index is 2.12. The SMILES string of the molecule is COc1c(C(O)CC(C)C)ccc2c1C(=O)OCc1cc(CO)cc(O)c1O2. The van der Waals surface area contributed by atoms with Gasteiger partial charge in [0.05, 0.1) is 19.8 Å². The molecule has 0 radical (unpaired) electrons. The normalized spacial score (nSPS) is 14.3. The number of hydrogen-bond acceptors (Lipinski definition) is 7. The van der Waals surface area contributed by atoms with Crippen molar-refractivity contribution in [2.45, 2.75) is 39.6 Å². The number of aromatic hydroxyl groups is 1. The van der Waals surface area contributed by atoms with E-state index in [1.807, 2.05) is 13.8 Å². The van der Waals surface area contributed by atoms with Crippen LogP contribution in [0.5, 0.6) is 23.0 Å². The number of aliphatic hydroxyl groups excluding tert-OH is 2. The highest BCUT2D eigenvalue weighted by Gasteiger charge is 2.30. The molecule has 7 nitrogen and oxygen atoms in total. The number of phenolic OH excluding ortho intramolecular Hbond substituents is 1. The molecule has 0 aromatic heterocycles. The smallest absolute Gasteiger partial charge is 0.346 e. The van der Waals surface area contributed by atoms with E-state index in [0.29, 0.717) is 23.1 Å². The number of carbonyl (C=O) groups is 1. The first-order valence-corrected chi connectivity index (χ1v) is 9.05. The number of benzene rings is 2. The molecule has 7 heteroatoms. The summed E-state index contributed by atoms with van der Waals surface area (Å²) in [5.74, 6) is -0.114. The molecule has 1 heterocycles. The summed E-state index contributed by atoms with van der Waals surface area (Å²) in [5, 5.41) is 30.1. The van der Waals surface area contributed by atoms with Gasteiger partial charge >= 0.3 is 5.97 Å². The van der Waals surface area contributed by atoms with Crippen molar-refractivity contribution >= 4 is 5.97 Å². The van der Waals surface area contributed by atoms with Crippen LogP contribution in [0, 0.1) is 5.92 Å². The Hall–Kier alpha value is -2.77. The van der Waals surface area contributed by atoms with E-state index in [-0.39, 0.29) is 47.7 Å². The van der Waals surface area contributed by atoms with Crippen LogP contribution in [0.1, 0.15) is 53.4 Å². The molecule has 0 saturated heterocycles. The van der Waals surface area contributed by atoms with E-state index < -0.39 is 12.1 Å². The van der Waals surface area contributed by atoms with Crippen molar-refractivity contribution in [3.8, 4) is 23.0 Å². The average Bonchev–Trinajstić information content (AvgIpc) is 2.65. The van der Waals surface area contributed by atoms with E-state index in [9.17, 15) is 20.1 Å². The largest absolute Gasteiger partial charge is 0.504 e. The zero-order valence-corrected chi connectivity index (χ0v) is 16.1. The Kier molecular flexibility index (Phi) is 5.76. The van der Waals surface area contributed by atoms with Gasteiger partial charge in [0.2, 0.25) is 0 Å². The summed E-state index contributed by atoms with van der Waals surface area (Å²) in [6, 6.07) is 6.18. The lowest BCUT2D eigenvalue weighted by Gasteiger charge is -2.23. The zero-order valence-electron chi connectivity index (χ0n) is 16.1. The molecular formula is C21H24O7. The van der Waals surface area contributed by atoms with Crippen molar-refractivity contribution in [3.05, 3.63) is 46.5 Å². The maximum Gasteiger partial charge on any atom is 0.346 e. The van der Waals surface area contributed by atoms with Crippen LogP contribution in [-0.4, -0.2) is 28.4 Å². The number of hydrogen-bond donors (Lipinski definition) is 3. The lowest BCUT2D eigenvalue weighted by atomic mass is 9.96. The molecule has 0 amide bonds. The van der Waals surface area contributed by atoms with Gasteiger partial charge in [-0.2, -0.15) is 0 Å². The highest BCUT2D eigenvalue weighted by atomic mass is 16.5. The molecule has 1 aliphatic heterocycles. The van der Waals surface area contributed by atoms with Gasteiger partial charge in [0.15, 0.2) is 11.5 Å². The van der Waals surface area contributed by atoms with Crippen LogP contribution in [0.3, 0.4) is 0 Å². The first kappa shape index (κ1) is 20.0. The summed E-state index contributed by atoms with van der Waals surface area (Å²) in [7, 11) is 1.41. The van der Waals surface area contributed by atoms with Gasteiger partial charge in [-0.1, -0.05) is 13.8 Å². The van der Waals surface area contributed by atoms with E-state index in [1.165, 1.54) is 13.2 Å². The molecule has 1 aliphatic rings. The minimum absolute atomic E-state index is 0.0547. The molecule has 3 rings (SSSR count). The van der Waals surface area contributed by atoms with Crippen LogP contribution >= 0.6 is 0 Å². The fourth-order valence-electron chi connectivity index (χ4n) is 3.29. The molecule has 0 bridgehead atoms. The molecule has 2 aromatic rings. The average molecular weight is 388 g/mol. The van der Waals surface area contributed by atoms with E-state index in [1.54, 1.807) is 18.2 Å². The number of ether oxygens (including phenoxy) is 3. The monoisotopic (exact) mass is 388 g/mol. The third-order valence-electron chi connectivity index (χ3n) is 4.57. The first-order valence-electron chi connectivity index (χ1n) is 9.05. The molecular weight excluding hydrogens is 364 g/mol. The second-order valence-electron chi connectivity index (χ2n) is 7.15. The Morgan fingerprint density at radius 2 is 2.00 bits per heavy atom. The highest BCUT2D eigenvalue weighted by Crippen LogP contribution is 2.44. The van der Waals surface area contributed by atoms with Crippen LogP contribution in [0.15, 0.2) is 24.3 Å². The van der Waals surface area contributed by atoms with Crippen molar-refractivity contribution in [1.82, 2.24) is 0 Å². The summed E-state index contributed by atoms with van der Waals surface area (Å²) in [6.07, 6.45) is -0.315. The number of phenols is 1. The van der Waals surface area contributed by atoms with Gasteiger partial charge < -0.3 is 29.5 Å². The van der Waals surface area contributed by atoms with Crippen molar-refractivity contribution in [2.75, 3.05) is 7.11 Å². The standard InChI is InChI=1S/C21H24O7/c1-11(2)6-15(23)14-4-5-17-18(20(14)26-3)21(25)27-10-13-7-12(9-22)8-16(24)19(13)28-17/h4-5,7-8,11,15,22-24H,6,9-10H2,1-3H3. The Labute approximate surface area is 163 Å². The van der Waals surface area contributed by atoms with E-state index in [0.717, 1.165) is 0 Å². The van der Waals surface area contributed by atoms with Gasteiger partial charge in [-0.25, -0.2) is 4.79 Å². The number of fused-ring (bicyclic) bond motifs is 2. The Morgan fingerprint density at radius 1 is 1.25 bits per heavy atom. The second kappa shape index (κ2) is 8.08. The minimum atomic E-state index is -0.814. The predicted molar refractivity (Wildman–Crippen MR) is 101 cm³/mol. The summed E-state index contributed by atoms with van der Waals surface area (Å²) >= 11 is 0. The van der Waals surface area contributed by atoms with Gasteiger partial charge in [-0.3, -0.25) is 0 Å². The van der Waals surface area contributed by atoms with Gasteiger partial charge in [0.1, 0.15) is 23.7 Å².